The molecular formula is C15H31N5O2. The number of carbonyl (C=O) groups is 1. The summed E-state index contributed by atoms with van der Waals surface area (Å²) in [5.74, 6) is 0.815. The average Bonchev–Trinajstić information content (AvgIpc) is 2.54. The lowest BCUT2D eigenvalue weighted by Gasteiger charge is -2.26. The zero-order valence-electron chi connectivity index (χ0n) is 14.2. The van der Waals surface area contributed by atoms with Crippen LogP contribution in [0.5, 0.6) is 0 Å². The van der Waals surface area contributed by atoms with Crippen molar-refractivity contribution in [3.63, 3.8) is 0 Å². The van der Waals surface area contributed by atoms with E-state index in [1.54, 1.807) is 7.05 Å². The van der Waals surface area contributed by atoms with E-state index < -0.39 is 0 Å². The number of nitrogens with zero attached hydrogens (tertiary/aromatic N) is 2. The Kier molecular flexibility index (Phi) is 9.57. The molecule has 1 aliphatic heterocycles. The van der Waals surface area contributed by atoms with Crippen LogP contribution in [0.15, 0.2) is 4.99 Å². The maximum Gasteiger partial charge on any atom is 0.221 e. The van der Waals surface area contributed by atoms with Gasteiger partial charge in [0.25, 0.3) is 0 Å². The van der Waals surface area contributed by atoms with Crippen LogP contribution in [0.1, 0.15) is 26.7 Å². The molecular weight excluding hydrogens is 282 g/mol. The molecule has 1 heterocycles. The molecule has 1 aliphatic rings. The highest BCUT2D eigenvalue weighted by Gasteiger charge is 2.10. The van der Waals surface area contributed by atoms with E-state index in [2.05, 4.69) is 32.8 Å². The molecule has 7 heteroatoms. The minimum atomic E-state index is 0.0746. The molecule has 1 saturated heterocycles. The van der Waals surface area contributed by atoms with E-state index in [0.717, 1.165) is 51.8 Å². The van der Waals surface area contributed by atoms with E-state index in [0.29, 0.717) is 13.0 Å². The SMILES string of the molecule is CCC(C)NC(=O)CCNC(=NC)NCCN1CCOCC1. The largest absolute Gasteiger partial charge is 0.379 e. The van der Waals surface area contributed by atoms with Gasteiger partial charge in [0, 0.05) is 52.2 Å². The predicted molar refractivity (Wildman–Crippen MR) is 89.1 cm³/mol. The molecule has 1 amide bonds. The number of aliphatic imine (C=N–C) groups is 1. The number of hydrogen-bond donors (Lipinski definition) is 3. The fraction of sp³-hybridized carbons (Fsp3) is 0.867. The standard InChI is InChI=1S/C15H31N5O2/c1-4-13(2)19-14(21)5-6-17-15(16-3)18-7-8-20-9-11-22-12-10-20/h13H,4-12H2,1-3H3,(H,19,21)(H2,16,17,18). The molecule has 0 saturated carbocycles. The van der Waals surface area contributed by atoms with E-state index in [4.69, 9.17) is 4.74 Å². The Morgan fingerprint density at radius 1 is 1.27 bits per heavy atom. The summed E-state index contributed by atoms with van der Waals surface area (Å²) in [6.07, 6.45) is 1.40. The van der Waals surface area contributed by atoms with Gasteiger partial charge in [-0.15, -0.1) is 0 Å². The minimum Gasteiger partial charge on any atom is -0.379 e. The predicted octanol–water partition coefficient (Wildman–Crippen LogP) is -0.212. The van der Waals surface area contributed by atoms with Gasteiger partial charge in [0.2, 0.25) is 5.91 Å². The Bertz CT molecular complexity index is 343. The molecule has 0 spiro atoms. The zero-order valence-corrected chi connectivity index (χ0v) is 14.2. The van der Waals surface area contributed by atoms with Crippen LogP contribution in [0, 0.1) is 0 Å². The van der Waals surface area contributed by atoms with Gasteiger partial charge in [0.1, 0.15) is 0 Å². The van der Waals surface area contributed by atoms with Crippen molar-refractivity contribution >= 4 is 11.9 Å². The highest BCUT2D eigenvalue weighted by atomic mass is 16.5. The van der Waals surface area contributed by atoms with Gasteiger partial charge < -0.3 is 20.7 Å². The maximum atomic E-state index is 11.7. The summed E-state index contributed by atoms with van der Waals surface area (Å²) in [5, 5.41) is 9.38. The van der Waals surface area contributed by atoms with Gasteiger partial charge in [-0.1, -0.05) is 6.92 Å². The van der Waals surface area contributed by atoms with Crippen molar-refractivity contribution < 1.29 is 9.53 Å². The summed E-state index contributed by atoms with van der Waals surface area (Å²) in [6, 6.07) is 0.235. The van der Waals surface area contributed by atoms with Crippen LogP contribution in [-0.2, 0) is 9.53 Å². The Hall–Kier alpha value is -1.34. The van der Waals surface area contributed by atoms with Gasteiger partial charge in [-0.05, 0) is 13.3 Å². The molecule has 0 bridgehead atoms. The quantitative estimate of drug-likeness (QED) is 0.427. The fourth-order valence-electron chi connectivity index (χ4n) is 2.12. The number of nitrogens with one attached hydrogen (secondary N) is 3. The van der Waals surface area contributed by atoms with E-state index in [1.165, 1.54) is 0 Å². The number of amides is 1. The van der Waals surface area contributed by atoms with Crippen LogP contribution in [0.25, 0.3) is 0 Å². The number of rotatable bonds is 8. The zero-order chi connectivity index (χ0) is 16.2. The maximum absolute atomic E-state index is 11.7. The van der Waals surface area contributed by atoms with Crippen molar-refractivity contribution in [1.82, 2.24) is 20.9 Å². The highest BCUT2D eigenvalue weighted by Crippen LogP contribution is 1.94. The Labute approximate surface area is 133 Å². The van der Waals surface area contributed by atoms with E-state index >= 15 is 0 Å². The van der Waals surface area contributed by atoms with Crippen LogP contribution in [0.3, 0.4) is 0 Å². The first kappa shape index (κ1) is 18.7. The Balaban J connectivity index is 2.10. The fourth-order valence-corrected chi connectivity index (χ4v) is 2.12. The first-order valence-corrected chi connectivity index (χ1v) is 8.19. The van der Waals surface area contributed by atoms with Crippen molar-refractivity contribution in [2.45, 2.75) is 32.7 Å². The third-order valence-corrected chi connectivity index (χ3v) is 3.71. The van der Waals surface area contributed by atoms with Gasteiger partial charge in [0.05, 0.1) is 13.2 Å². The Morgan fingerprint density at radius 2 is 1.95 bits per heavy atom. The molecule has 1 atom stereocenters. The van der Waals surface area contributed by atoms with E-state index in [-0.39, 0.29) is 11.9 Å². The lowest BCUT2D eigenvalue weighted by molar-refractivity contribution is -0.121. The van der Waals surface area contributed by atoms with Gasteiger partial charge >= 0.3 is 0 Å². The smallest absolute Gasteiger partial charge is 0.221 e. The number of hydrogen-bond acceptors (Lipinski definition) is 4. The summed E-state index contributed by atoms with van der Waals surface area (Å²) < 4.78 is 5.32. The van der Waals surface area contributed by atoms with Crippen LogP contribution >= 0.6 is 0 Å². The Morgan fingerprint density at radius 3 is 2.59 bits per heavy atom. The molecule has 0 aliphatic carbocycles. The second-order valence-electron chi connectivity index (χ2n) is 5.51. The molecule has 0 aromatic carbocycles. The number of guanidine groups is 1. The summed E-state index contributed by atoms with van der Waals surface area (Å²) >= 11 is 0. The minimum absolute atomic E-state index is 0.0746. The van der Waals surface area contributed by atoms with Crippen molar-refractivity contribution in [2.75, 3.05) is 53.0 Å². The molecule has 1 rings (SSSR count). The van der Waals surface area contributed by atoms with Gasteiger partial charge in [0.15, 0.2) is 5.96 Å². The molecule has 22 heavy (non-hydrogen) atoms. The lowest BCUT2D eigenvalue weighted by atomic mass is 10.2. The third kappa shape index (κ3) is 8.19. The van der Waals surface area contributed by atoms with E-state index in [9.17, 15) is 4.79 Å². The van der Waals surface area contributed by atoms with Crippen LogP contribution in [0.4, 0.5) is 0 Å². The van der Waals surface area contributed by atoms with Gasteiger partial charge in [-0.25, -0.2) is 0 Å². The first-order valence-electron chi connectivity index (χ1n) is 8.19. The molecule has 128 valence electrons. The summed E-state index contributed by atoms with van der Waals surface area (Å²) in [6.45, 7) is 10.1. The number of ether oxygens (including phenoxy) is 1. The molecule has 1 unspecified atom stereocenters. The van der Waals surface area contributed by atoms with Crippen LogP contribution in [0.2, 0.25) is 0 Å². The van der Waals surface area contributed by atoms with E-state index in [1.807, 2.05) is 6.92 Å². The molecule has 1 fully saturated rings. The van der Waals surface area contributed by atoms with Crippen molar-refractivity contribution in [1.29, 1.82) is 0 Å². The summed E-state index contributed by atoms with van der Waals surface area (Å²) in [5.41, 5.74) is 0. The van der Waals surface area contributed by atoms with Crippen LogP contribution in [-0.4, -0.2) is 75.8 Å². The number of morpholine rings is 1. The molecule has 7 nitrogen and oxygen atoms in total. The van der Waals surface area contributed by atoms with Crippen LogP contribution < -0.4 is 16.0 Å². The molecule has 3 N–H and O–H groups in total. The topological polar surface area (TPSA) is 78.0 Å². The molecule has 0 aromatic heterocycles. The summed E-state index contributed by atoms with van der Waals surface area (Å²) in [4.78, 5) is 18.2. The van der Waals surface area contributed by atoms with Crippen molar-refractivity contribution in [3.8, 4) is 0 Å². The highest BCUT2D eigenvalue weighted by molar-refractivity contribution is 5.81. The average molecular weight is 313 g/mol. The van der Waals surface area contributed by atoms with Crippen molar-refractivity contribution in [3.05, 3.63) is 0 Å². The lowest BCUT2D eigenvalue weighted by Crippen LogP contribution is -2.45. The third-order valence-electron chi connectivity index (χ3n) is 3.71. The second-order valence-corrected chi connectivity index (χ2v) is 5.51. The van der Waals surface area contributed by atoms with Crippen molar-refractivity contribution in [2.24, 2.45) is 4.99 Å². The second kappa shape index (κ2) is 11.3. The summed E-state index contributed by atoms with van der Waals surface area (Å²) in [7, 11) is 1.74. The monoisotopic (exact) mass is 313 g/mol. The molecule has 0 aromatic rings. The van der Waals surface area contributed by atoms with Gasteiger partial charge in [-0.3, -0.25) is 14.7 Å². The normalized spacial score (nSPS) is 17.9. The van der Waals surface area contributed by atoms with Gasteiger partial charge in [-0.2, -0.15) is 0 Å². The number of carbonyl (C=O) groups excluding carboxylic acids is 1. The molecule has 0 radical (unpaired) electrons. The first-order chi connectivity index (χ1) is 10.7.